The van der Waals surface area contributed by atoms with Crippen LogP contribution in [0.3, 0.4) is 0 Å². The molecular weight excluding hydrogens is 424 g/mol. The van der Waals surface area contributed by atoms with Crippen molar-refractivity contribution in [2.75, 3.05) is 16.8 Å². The molecule has 0 atom stereocenters. The van der Waals surface area contributed by atoms with Gasteiger partial charge in [0, 0.05) is 11.8 Å². The van der Waals surface area contributed by atoms with Crippen LogP contribution in [0.15, 0.2) is 72.4 Å². The lowest BCUT2D eigenvalue weighted by molar-refractivity contribution is -0.120. The van der Waals surface area contributed by atoms with Crippen LogP contribution in [0.2, 0.25) is 5.02 Å². The van der Waals surface area contributed by atoms with Crippen LogP contribution in [0, 0.1) is 13.8 Å². The molecule has 5 nitrogen and oxygen atoms in total. The van der Waals surface area contributed by atoms with Crippen molar-refractivity contribution in [3.05, 3.63) is 94.1 Å². The van der Waals surface area contributed by atoms with E-state index in [1.807, 2.05) is 57.2 Å². The van der Waals surface area contributed by atoms with Crippen molar-refractivity contribution in [3.8, 4) is 5.75 Å². The summed E-state index contributed by atoms with van der Waals surface area (Å²) in [4.78, 5) is 28.2. The molecule has 1 heterocycles. The number of benzene rings is 3. The minimum Gasteiger partial charge on any atom is -0.494 e. The first-order chi connectivity index (χ1) is 15.4. The Morgan fingerprint density at radius 2 is 1.69 bits per heavy atom. The molecule has 0 spiro atoms. The Balaban J connectivity index is 1.84. The molecule has 162 valence electrons. The number of nitrogens with zero attached hydrogens (tertiary/aromatic N) is 1. The predicted octanol–water partition coefficient (Wildman–Crippen LogP) is 5.75. The molecule has 2 amide bonds. The van der Waals surface area contributed by atoms with Crippen LogP contribution >= 0.6 is 11.6 Å². The zero-order valence-corrected chi connectivity index (χ0v) is 18.9. The third kappa shape index (κ3) is 3.99. The van der Waals surface area contributed by atoms with E-state index in [1.54, 1.807) is 30.3 Å². The molecule has 0 unspecified atom stereocenters. The Morgan fingerprint density at radius 3 is 2.41 bits per heavy atom. The van der Waals surface area contributed by atoms with Crippen molar-refractivity contribution in [1.29, 1.82) is 0 Å². The minimum atomic E-state index is -0.460. The molecule has 0 radical (unpaired) electrons. The smallest absolute Gasteiger partial charge is 0.282 e. The summed E-state index contributed by atoms with van der Waals surface area (Å²) < 4.78 is 5.57. The molecule has 0 fully saturated rings. The number of halogens is 1. The SMILES string of the molecule is CCOc1cccc(NC2=C(c3ccc(C)c(C)c3)C(=O)N(c3ccccc3Cl)C2=O)c1. The number of imide groups is 1. The van der Waals surface area contributed by atoms with Crippen molar-refractivity contribution in [3.63, 3.8) is 0 Å². The molecule has 0 saturated carbocycles. The number of ether oxygens (including phenoxy) is 1. The number of rotatable bonds is 6. The van der Waals surface area contributed by atoms with Crippen molar-refractivity contribution < 1.29 is 14.3 Å². The number of hydrogen-bond acceptors (Lipinski definition) is 4. The fraction of sp³-hybridized carbons (Fsp3) is 0.154. The summed E-state index contributed by atoms with van der Waals surface area (Å²) >= 11 is 6.34. The molecule has 0 bridgehead atoms. The van der Waals surface area contributed by atoms with E-state index in [-0.39, 0.29) is 5.70 Å². The van der Waals surface area contributed by atoms with Gasteiger partial charge < -0.3 is 10.1 Å². The highest BCUT2D eigenvalue weighted by atomic mass is 35.5. The van der Waals surface area contributed by atoms with Crippen molar-refractivity contribution >= 4 is 40.4 Å². The number of para-hydroxylation sites is 1. The van der Waals surface area contributed by atoms with E-state index in [0.717, 1.165) is 16.0 Å². The van der Waals surface area contributed by atoms with Gasteiger partial charge in [-0.2, -0.15) is 0 Å². The average Bonchev–Trinajstić information content (AvgIpc) is 3.01. The zero-order chi connectivity index (χ0) is 22.8. The van der Waals surface area contributed by atoms with Gasteiger partial charge in [0.1, 0.15) is 11.4 Å². The molecule has 3 aromatic rings. The van der Waals surface area contributed by atoms with E-state index in [9.17, 15) is 9.59 Å². The van der Waals surface area contributed by atoms with Gasteiger partial charge in [0.05, 0.1) is 22.9 Å². The van der Waals surface area contributed by atoms with Crippen LogP contribution in [-0.2, 0) is 9.59 Å². The quantitative estimate of drug-likeness (QED) is 0.489. The summed E-state index contributed by atoms with van der Waals surface area (Å²) in [6.07, 6.45) is 0. The van der Waals surface area contributed by atoms with E-state index in [0.29, 0.717) is 39.9 Å². The Bertz CT molecular complexity index is 1250. The molecular formula is C26H23ClN2O3. The predicted molar refractivity (Wildman–Crippen MR) is 128 cm³/mol. The first kappa shape index (κ1) is 21.7. The largest absolute Gasteiger partial charge is 0.494 e. The van der Waals surface area contributed by atoms with Gasteiger partial charge in [-0.1, -0.05) is 48.0 Å². The third-order valence-electron chi connectivity index (χ3n) is 5.39. The maximum atomic E-state index is 13.6. The Morgan fingerprint density at radius 1 is 0.906 bits per heavy atom. The normalized spacial score (nSPS) is 13.7. The van der Waals surface area contributed by atoms with Gasteiger partial charge in [-0.3, -0.25) is 9.59 Å². The summed E-state index contributed by atoms with van der Waals surface area (Å²) in [5.41, 5.74) is 4.31. The first-order valence-corrected chi connectivity index (χ1v) is 10.7. The van der Waals surface area contributed by atoms with Gasteiger partial charge in [0.15, 0.2) is 0 Å². The van der Waals surface area contributed by atoms with E-state index in [4.69, 9.17) is 16.3 Å². The molecule has 1 N–H and O–H groups in total. The standard InChI is InChI=1S/C26H23ClN2O3/c1-4-32-20-9-7-8-19(15-20)28-24-23(18-13-12-16(2)17(3)14-18)25(30)29(26(24)31)22-11-6-5-10-21(22)27/h5-15,28H,4H2,1-3H3. The van der Waals surface area contributed by atoms with Crippen LogP contribution in [0.4, 0.5) is 11.4 Å². The number of hydrogen-bond donors (Lipinski definition) is 1. The number of amides is 2. The molecule has 0 saturated heterocycles. The summed E-state index contributed by atoms with van der Waals surface area (Å²) in [5, 5.41) is 3.49. The second kappa shape index (κ2) is 8.89. The van der Waals surface area contributed by atoms with Gasteiger partial charge in [-0.25, -0.2) is 4.90 Å². The van der Waals surface area contributed by atoms with E-state index in [2.05, 4.69) is 5.32 Å². The Labute approximate surface area is 192 Å². The zero-order valence-electron chi connectivity index (χ0n) is 18.1. The topological polar surface area (TPSA) is 58.6 Å². The molecule has 1 aliphatic heterocycles. The third-order valence-corrected chi connectivity index (χ3v) is 5.71. The highest BCUT2D eigenvalue weighted by Crippen LogP contribution is 2.37. The van der Waals surface area contributed by atoms with Gasteiger partial charge in [-0.15, -0.1) is 0 Å². The van der Waals surface area contributed by atoms with E-state index in [1.165, 1.54) is 0 Å². The number of carbonyl (C=O) groups is 2. The summed E-state index contributed by atoms with van der Waals surface area (Å²) in [6, 6.07) is 19.8. The second-order valence-electron chi connectivity index (χ2n) is 7.53. The van der Waals surface area contributed by atoms with Crippen LogP contribution in [0.1, 0.15) is 23.6 Å². The average molecular weight is 447 g/mol. The summed E-state index contributed by atoms with van der Waals surface area (Å²) in [5.74, 6) is -0.210. The summed E-state index contributed by atoms with van der Waals surface area (Å²) in [7, 11) is 0. The van der Waals surface area contributed by atoms with Gasteiger partial charge in [0.25, 0.3) is 11.8 Å². The lowest BCUT2D eigenvalue weighted by atomic mass is 9.99. The Hall–Kier alpha value is -3.57. The number of aryl methyl sites for hydroxylation is 2. The molecule has 6 heteroatoms. The number of anilines is 2. The molecule has 3 aromatic carbocycles. The fourth-order valence-electron chi connectivity index (χ4n) is 3.64. The van der Waals surface area contributed by atoms with Crippen molar-refractivity contribution in [2.45, 2.75) is 20.8 Å². The van der Waals surface area contributed by atoms with E-state index < -0.39 is 11.8 Å². The lowest BCUT2D eigenvalue weighted by Gasteiger charge is -2.17. The highest BCUT2D eigenvalue weighted by molar-refractivity contribution is 6.48. The van der Waals surface area contributed by atoms with Crippen LogP contribution in [0.5, 0.6) is 5.75 Å². The lowest BCUT2D eigenvalue weighted by Crippen LogP contribution is -2.32. The first-order valence-electron chi connectivity index (χ1n) is 10.4. The minimum absolute atomic E-state index is 0.201. The van der Waals surface area contributed by atoms with Crippen molar-refractivity contribution in [2.24, 2.45) is 0 Å². The molecule has 0 aromatic heterocycles. The number of carbonyl (C=O) groups excluding carboxylic acids is 2. The molecule has 4 rings (SSSR count). The molecule has 32 heavy (non-hydrogen) atoms. The Kier molecular flexibility index (Phi) is 6.01. The maximum absolute atomic E-state index is 13.6. The van der Waals surface area contributed by atoms with Gasteiger partial charge in [-0.05, 0) is 61.7 Å². The maximum Gasteiger partial charge on any atom is 0.282 e. The van der Waals surface area contributed by atoms with Crippen molar-refractivity contribution in [1.82, 2.24) is 0 Å². The molecule has 1 aliphatic rings. The van der Waals surface area contributed by atoms with E-state index >= 15 is 0 Å². The monoisotopic (exact) mass is 446 g/mol. The molecule has 0 aliphatic carbocycles. The van der Waals surface area contributed by atoms with Crippen LogP contribution in [0.25, 0.3) is 5.57 Å². The van der Waals surface area contributed by atoms with Gasteiger partial charge in [0.2, 0.25) is 0 Å². The van der Waals surface area contributed by atoms with Crippen LogP contribution in [-0.4, -0.2) is 18.4 Å². The second-order valence-corrected chi connectivity index (χ2v) is 7.94. The fourth-order valence-corrected chi connectivity index (χ4v) is 3.86. The highest BCUT2D eigenvalue weighted by Gasteiger charge is 2.41. The summed E-state index contributed by atoms with van der Waals surface area (Å²) in [6.45, 7) is 6.41. The van der Waals surface area contributed by atoms with Gasteiger partial charge >= 0.3 is 0 Å². The number of nitrogens with one attached hydrogen (secondary N) is 1. The van der Waals surface area contributed by atoms with Crippen LogP contribution < -0.4 is 15.0 Å².